The zero-order valence-corrected chi connectivity index (χ0v) is 12.1. The van der Waals surface area contributed by atoms with Crippen molar-refractivity contribution < 1.29 is 13.2 Å². The molecule has 2 heterocycles. The maximum atomic E-state index is 12.9. The summed E-state index contributed by atoms with van der Waals surface area (Å²) >= 11 is 0. The molecule has 3 N–H and O–H groups in total. The first-order valence-corrected chi connectivity index (χ1v) is 6.55. The number of fused-ring (bicyclic) bond motifs is 1. The molecule has 0 aliphatic carbocycles. The molecule has 8 heteroatoms. The van der Waals surface area contributed by atoms with Gasteiger partial charge in [0.2, 0.25) is 0 Å². The minimum Gasteiger partial charge on any atom is -0.369 e. The van der Waals surface area contributed by atoms with Gasteiger partial charge < -0.3 is 11.1 Å². The van der Waals surface area contributed by atoms with Crippen LogP contribution in [0.25, 0.3) is 5.65 Å². The van der Waals surface area contributed by atoms with Crippen molar-refractivity contribution >= 4 is 11.5 Å². The predicted octanol–water partition coefficient (Wildman–Crippen LogP) is 2.42. The number of anilines is 1. The first-order valence-electron chi connectivity index (χ1n) is 6.55. The molecule has 5 nitrogen and oxygen atoms in total. The van der Waals surface area contributed by atoms with Crippen LogP contribution in [0.15, 0.2) is 12.1 Å². The fraction of sp³-hybridized carbons (Fsp3) is 0.538. The van der Waals surface area contributed by atoms with E-state index in [1.165, 1.54) is 4.52 Å². The lowest BCUT2D eigenvalue weighted by Gasteiger charge is -2.14. The van der Waals surface area contributed by atoms with Gasteiger partial charge in [-0.1, -0.05) is 20.8 Å². The number of nitrogens with two attached hydrogens (primary N) is 1. The Morgan fingerprint density at radius 2 is 1.86 bits per heavy atom. The molecule has 0 atom stereocenters. The van der Waals surface area contributed by atoms with Crippen molar-refractivity contribution in [2.24, 2.45) is 5.73 Å². The van der Waals surface area contributed by atoms with Gasteiger partial charge in [-0.15, -0.1) is 0 Å². The first kappa shape index (κ1) is 15.6. The highest BCUT2D eigenvalue weighted by Crippen LogP contribution is 2.31. The standard InChI is InChI=1S/C13H18F3N5/c1-12(2,3)8-6-11-19-9(13(14,15)16)7-10(18-5-4-17)21(11)20-8/h6-7,18H,4-5,17H2,1-3H3. The number of rotatable bonds is 3. The van der Waals surface area contributed by atoms with Crippen LogP contribution in [-0.2, 0) is 11.6 Å². The Hall–Kier alpha value is -1.83. The number of hydrogen-bond donors (Lipinski definition) is 2. The van der Waals surface area contributed by atoms with Gasteiger partial charge >= 0.3 is 6.18 Å². The van der Waals surface area contributed by atoms with Gasteiger partial charge in [-0.25, -0.2) is 4.98 Å². The molecule has 0 amide bonds. The fourth-order valence-electron chi connectivity index (χ4n) is 1.81. The van der Waals surface area contributed by atoms with Crippen molar-refractivity contribution in [2.45, 2.75) is 32.4 Å². The molecule has 0 aliphatic heterocycles. The van der Waals surface area contributed by atoms with E-state index in [9.17, 15) is 13.2 Å². The minimum atomic E-state index is -4.51. The van der Waals surface area contributed by atoms with E-state index in [4.69, 9.17) is 5.73 Å². The van der Waals surface area contributed by atoms with Crippen molar-refractivity contribution in [3.63, 3.8) is 0 Å². The van der Waals surface area contributed by atoms with Gasteiger partial charge in [0.05, 0.1) is 5.69 Å². The van der Waals surface area contributed by atoms with Gasteiger partial charge in [-0.05, 0) is 0 Å². The summed E-state index contributed by atoms with van der Waals surface area (Å²) in [6, 6.07) is 2.52. The third-order valence-corrected chi connectivity index (χ3v) is 2.94. The zero-order valence-electron chi connectivity index (χ0n) is 12.1. The van der Waals surface area contributed by atoms with Crippen LogP contribution in [0.2, 0.25) is 0 Å². The molecule has 21 heavy (non-hydrogen) atoms. The average molecular weight is 301 g/mol. The lowest BCUT2D eigenvalue weighted by atomic mass is 9.93. The van der Waals surface area contributed by atoms with E-state index in [2.05, 4.69) is 15.4 Å². The molecule has 0 unspecified atom stereocenters. The normalized spacial score (nSPS) is 12.9. The van der Waals surface area contributed by atoms with Crippen molar-refractivity contribution in [1.82, 2.24) is 14.6 Å². The molecule has 0 bridgehead atoms. The number of alkyl halides is 3. The first-order chi connectivity index (χ1) is 9.63. The van der Waals surface area contributed by atoms with Gasteiger partial charge in [0, 0.05) is 30.6 Å². The third kappa shape index (κ3) is 3.26. The highest BCUT2D eigenvalue weighted by molar-refractivity contribution is 5.51. The van der Waals surface area contributed by atoms with Crippen LogP contribution in [0, 0.1) is 0 Å². The maximum absolute atomic E-state index is 12.9. The van der Waals surface area contributed by atoms with Crippen LogP contribution >= 0.6 is 0 Å². The van der Waals surface area contributed by atoms with Crippen molar-refractivity contribution in [2.75, 3.05) is 18.4 Å². The summed E-state index contributed by atoms with van der Waals surface area (Å²) in [6.07, 6.45) is -4.51. The van der Waals surface area contributed by atoms with E-state index in [0.717, 1.165) is 6.07 Å². The van der Waals surface area contributed by atoms with Crippen LogP contribution in [0.4, 0.5) is 19.0 Å². The van der Waals surface area contributed by atoms with E-state index < -0.39 is 11.9 Å². The van der Waals surface area contributed by atoms with Gasteiger partial charge in [0.25, 0.3) is 0 Å². The van der Waals surface area contributed by atoms with Crippen LogP contribution < -0.4 is 11.1 Å². The lowest BCUT2D eigenvalue weighted by Crippen LogP contribution is -2.18. The summed E-state index contributed by atoms with van der Waals surface area (Å²) in [7, 11) is 0. The summed E-state index contributed by atoms with van der Waals surface area (Å²) < 4.78 is 40.1. The van der Waals surface area contributed by atoms with Gasteiger partial charge in [0.1, 0.15) is 5.82 Å². The Morgan fingerprint density at radius 3 is 2.38 bits per heavy atom. The van der Waals surface area contributed by atoms with Crippen molar-refractivity contribution in [3.05, 3.63) is 23.5 Å². The zero-order chi connectivity index (χ0) is 15.8. The summed E-state index contributed by atoms with van der Waals surface area (Å²) in [5.41, 5.74) is 4.99. The summed E-state index contributed by atoms with van der Waals surface area (Å²) in [6.45, 7) is 6.46. The highest BCUT2D eigenvalue weighted by atomic mass is 19.4. The molecule has 2 rings (SSSR count). The Bertz CT molecular complexity index is 640. The van der Waals surface area contributed by atoms with E-state index in [0.29, 0.717) is 18.8 Å². The Morgan fingerprint density at radius 1 is 1.19 bits per heavy atom. The smallest absolute Gasteiger partial charge is 0.369 e. The van der Waals surface area contributed by atoms with Gasteiger partial charge in [-0.3, -0.25) is 0 Å². The second-order valence-electron chi connectivity index (χ2n) is 5.79. The maximum Gasteiger partial charge on any atom is 0.433 e. The van der Waals surface area contributed by atoms with Gasteiger partial charge in [-0.2, -0.15) is 22.8 Å². The number of nitrogens with zero attached hydrogens (tertiary/aromatic N) is 3. The number of nitrogens with one attached hydrogen (secondary N) is 1. The lowest BCUT2D eigenvalue weighted by molar-refractivity contribution is -0.141. The molecule has 0 radical (unpaired) electrons. The molecule has 0 spiro atoms. The SMILES string of the molecule is CC(C)(C)c1cc2nc(C(F)(F)F)cc(NCCN)n2n1. The Kier molecular flexibility index (Phi) is 3.83. The van der Waals surface area contributed by atoms with E-state index in [1.807, 2.05) is 20.8 Å². The monoisotopic (exact) mass is 301 g/mol. The van der Waals surface area contributed by atoms with E-state index >= 15 is 0 Å². The molecule has 116 valence electrons. The predicted molar refractivity (Wildman–Crippen MR) is 74.2 cm³/mol. The van der Waals surface area contributed by atoms with Crippen LogP contribution in [0.1, 0.15) is 32.2 Å². The number of aromatic nitrogens is 3. The Balaban J connectivity index is 2.62. The van der Waals surface area contributed by atoms with Crippen LogP contribution in [0.5, 0.6) is 0 Å². The van der Waals surface area contributed by atoms with Gasteiger partial charge in [0.15, 0.2) is 11.3 Å². The molecule has 0 saturated carbocycles. The molecular weight excluding hydrogens is 283 g/mol. The summed E-state index contributed by atoms with van der Waals surface area (Å²) in [4.78, 5) is 3.65. The highest BCUT2D eigenvalue weighted by Gasteiger charge is 2.34. The topological polar surface area (TPSA) is 68.2 Å². The van der Waals surface area contributed by atoms with E-state index in [1.54, 1.807) is 6.07 Å². The second-order valence-corrected chi connectivity index (χ2v) is 5.79. The summed E-state index contributed by atoms with van der Waals surface area (Å²) in [5.74, 6) is 0.230. The van der Waals surface area contributed by atoms with Crippen molar-refractivity contribution in [1.29, 1.82) is 0 Å². The second kappa shape index (κ2) is 5.18. The fourth-order valence-corrected chi connectivity index (χ4v) is 1.81. The number of halogens is 3. The molecule has 0 saturated heterocycles. The van der Waals surface area contributed by atoms with Crippen molar-refractivity contribution in [3.8, 4) is 0 Å². The molecular formula is C13H18F3N5. The minimum absolute atomic E-state index is 0.161. The molecule has 0 aromatic carbocycles. The van der Waals surface area contributed by atoms with Crippen LogP contribution in [-0.4, -0.2) is 27.7 Å². The van der Waals surface area contributed by atoms with E-state index in [-0.39, 0.29) is 16.9 Å². The Labute approximate surface area is 120 Å². The molecule has 0 aliphatic rings. The summed E-state index contributed by atoms with van der Waals surface area (Å²) in [5, 5.41) is 7.19. The quantitative estimate of drug-likeness (QED) is 0.913. The number of hydrogen-bond acceptors (Lipinski definition) is 4. The largest absolute Gasteiger partial charge is 0.433 e. The molecule has 0 fully saturated rings. The third-order valence-electron chi connectivity index (χ3n) is 2.94. The van der Waals surface area contributed by atoms with Crippen LogP contribution in [0.3, 0.4) is 0 Å². The average Bonchev–Trinajstić information content (AvgIpc) is 2.78. The molecule has 2 aromatic rings. The molecule has 2 aromatic heterocycles.